The van der Waals surface area contributed by atoms with Crippen LogP contribution in [0.15, 0.2) is 41.3 Å². The van der Waals surface area contributed by atoms with Gasteiger partial charge in [0.05, 0.1) is 12.3 Å². The molecule has 2 heterocycles. The number of aliphatic hydroxyl groups excluding tert-OH is 1. The van der Waals surface area contributed by atoms with Crippen LogP contribution in [0.1, 0.15) is 40.8 Å². The zero-order valence-electron chi connectivity index (χ0n) is 22.4. The highest BCUT2D eigenvalue weighted by molar-refractivity contribution is 7.52. The fourth-order valence-electron chi connectivity index (χ4n) is 4.01. The number of alkyl halides is 2. The number of halogens is 3. The van der Waals surface area contributed by atoms with Gasteiger partial charge in [-0.2, -0.15) is 10.1 Å². The predicted octanol–water partition coefficient (Wildman–Crippen LogP) is 2.81. The number of esters is 1. The van der Waals surface area contributed by atoms with Crippen molar-refractivity contribution in [3.63, 3.8) is 0 Å². The SMILES string of the molecule is CC(C)OC(=O)[C@H](C)N[P@@](=O)(Oc1ccccc1)OC(C)(C)[C@H]1O[C@@H](n2cc(F)c(N)nc2=O)[C@@](F)(CF)C1O. The molecule has 1 aliphatic heterocycles. The molecular weight excluding hydrogens is 560 g/mol. The molecule has 12 nitrogen and oxygen atoms in total. The number of anilines is 1. The van der Waals surface area contributed by atoms with Crippen molar-refractivity contribution in [2.75, 3.05) is 12.4 Å². The summed E-state index contributed by atoms with van der Waals surface area (Å²) in [5.74, 6) is -2.73. The first-order valence-electron chi connectivity index (χ1n) is 12.2. The Morgan fingerprint density at radius 2 is 1.95 bits per heavy atom. The molecule has 1 fully saturated rings. The zero-order chi connectivity index (χ0) is 30.0. The van der Waals surface area contributed by atoms with E-state index in [4.69, 9.17) is 24.3 Å². The number of rotatable bonds is 11. The molecule has 0 spiro atoms. The maximum atomic E-state index is 15.9. The van der Waals surface area contributed by atoms with Gasteiger partial charge in [0.15, 0.2) is 17.9 Å². The third kappa shape index (κ3) is 6.66. The molecule has 222 valence electrons. The molecule has 1 aromatic heterocycles. The molecule has 16 heteroatoms. The van der Waals surface area contributed by atoms with Gasteiger partial charge in [-0.1, -0.05) is 18.2 Å². The second-order valence-electron chi connectivity index (χ2n) is 10.0. The van der Waals surface area contributed by atoms with Gasteiger partial charge in [-0.25, -0.2) is 22.5 Å². The summed E-state index contributed by atoms with van der Waals surface area (Å²) in [5.41, 5.74) is -1.25. The molecule has 0 aliphatic carbocycles. The number of carbonyl (C=O) groups excluding carboxylic acids is 1. The van der Waals surface area contributed by atoms with Gasteiger partial charge in [-0.3, -0.25) is 13.9 Å². The highest BCUT2D eigenvalue weighted by Crippen LogP contribution is 2.53. The lowest BCUT2D eigenvalue weighted by Crippen LogP contribution is -2.52. The van der Waals surface area contributed by atoms with Crippen molar-refractivity contribution < 1.29 is 46.2 Å². The van der Waals surface area contributed by atoms with E-state index in [1.807, 2.05) is 0 Å². The van der Waals surface area contributed by atoms with E-state index >= 15 is 4.39 Å². The van der Waals surface area contributed by atoms with Gasteiger partial charge >= 0.3 is 19.4 Å². The highest BCUT2D eigenvalue weighted by atomic mass is 31.2. The molecule has 0 radical (unpaired) electrons. The van der Waals surface area contributed by atoms with E-state index in [9.17, 15) is 28.0 Å². The van der Waals surface area contributed by atoms with Gasteiger partial charge in [-0.15, -0.1) is 0 Å². The third-order valence-corrected chi connectivity index (χ3v) is 7.79. The van der Waals surface area contributed by atoms with Crippen LogP contribution in [-0.4, -0.2) is 62.9 Å². The van der Waals surface area contributed by atoms with Gasteiger partial charge in [0.2, 0.25) is 5.67 Å². The smallest absolute Gasteiger partial charge is 0.460 e. The summed E-state index contributed by atoms with van der Waals surface area (Å²) in [5, 5.41) is 13.3. The Kier molecular flexibility index (Phi) is 9.36. The molecule has 1 unspecified atom stereocenters. The van der Waals surface area contributed by atoms with E-state index in [2.05, 4.69) is 10.1 Å². The van der Waals surface area contributed by atoms with Crippen LogP contribution in [0.4, 0.5) is 19.0 Å². The van der Waals surface area contributed by atoms with Gasteiger partial charge in [0.25, 0.3) is 0 Å². The minimum atomic E-state index is -4.58. The average molecular weight is 593 g/mol. The quantitative estimate of drug-likeness (QED) is 0.260. The normalized spacial score (nSPS) is 25.4. The van der Waals surface area contributed by atoms with Crippen LogP contribution in [0.3, 0.4) is 0 Å². The van der Waals surface area contributed by atoms with E-state index in [-0.39, 0.29) is 5.75 Å². The summed E-state index contributed by atoms with van der Waals surface area (Å²) in [7, 11) is -4.58. The first kappa shape index (κ1) is 31.6. The lowest BCUT2D eigenvalue weighted by Gasteiger charge is -2.36. The molecule has 2 aromatic rings. The molecule has 1 aliphatic rings. The lowest BCUT2D eigenvalue weighted by molar-refractivity contribution is -0.149. The molecule has 4 N–H and O–H groups in total. The molecule has 0 saturated carbocycles. The monoisotopic (exact) mass is 592 g/mol. The number of benzene rings is 1. The summed E-state index contributed by atoms with van der Waals surface area (Å²) in [6.45, 7) is 5.16. The minimum absolute atomic E-state index is 0.0582. The van der Waals surface area contributed by atoms with E-state index in [1.54, 1.807) is 32.0 Å². The standard InChI is InChI=1S/C24H32F3N4O8P/c1-13(2)36-20(33)14(3)30-40(35,38-15-9-7-6-8-10-15)39-23(4,5)18-17(32)24(27,12-25)21(37-18)31-11-16(26)19(28)29-22(31)34/h6-11,13-14,17-18,21,32H,12H2,1-5H3,(H,30,35)(H2,28,29,34)/t14-,17?,18-,21+,24+,40+/m0/s1. The molecule has 6 atom stereocenters. The molecular formula is C24H32F3N4O8P. The number of ether oxygens (including phenoxy) is 2. The van der Waals surface area contributed by atoms with Crippen LogP contribution in [-0.2, 0) is 23.4 Å². The van der Waals surface area contributed by atoms with Crippen molar-refractivity contribution in [2.24, 2.45) is 0 Å². The van der Waals surface area contributed by atoms with Crippen molar-refractivity contribution in [3.8, 4) is 5.75 Å². The Balaban J connectivity index is 1.97. The van der Waals surface area contributed by atoms with E-state index < -0.39 is 79.6 Å². The Bertz CT molecular complexity index is 1310. The van der Waals surface area contributed by atoms with E-state index in [0.29, 0.717) is 10.8 Å². The molecule has 1 saturated heterocycles. The van der Waals surface area contributed by atoms with Gasteiger partial charge < -0.3 is 24.8 Å². The Hall–Kier alpha value is -2.97. The van der Waals surface area contributed by atoms with Crippen molar-refractivity contribution >= 4 is 19.5 Å². The predicted molar refractivity (Wildman–Crippen MR) is 136 cm³/mol. The summed E-state index contributed by atoms with van der Waals surface area (Å²) < 4.78 is 80.3. The van der Waals surface area contributed by atoms with Gasteiger partial charge in [-0.05, 0) is 46.8 Å². The van der Waals surface area contributed by atoms with Crippen LogP contribution in [0.25, 0.3) is 0 Å². The van der Waals surface area contributed by atoms with Crippen molar-refractivity contribution in [3.05, 3.63) is 52.8 Å². The first-order chi connectivity index (χ1) is 18.5. The first-order valence-corrected chi connectivity index (χ1v) is 13.7. The maximum absolute atomic E-state index is 15.9. The molecule has 40 heavy (non-hydrogen) atoms. The number of nitrogens with zero attached hydrogens (tertiary/aromatic N) is 2. The number of para-hydroxylation sites is 1. The van der Waals surface area contributed by atoms with Crippen LogP contribution >= 0.6 is 7.75 Å². The third-order valence-electron chi connectivity index (χ3n) is 5.92. The number of aromatic nitrogens is 2. The number of aliphatic hydroxyl groups is 1. The van der Waals surface area contributed by atoms with Gasteiger partial charge in [0.1, 0.15) is 36.3 Å². The maximum Gasteiger partial charge on any atom is 0.460 e. The largest absolute Gasteiger partial charge is 0.462 e. The zero-order valence-corrected chi connectivity index (χ0v) is 23.3. The van der Waals surface area contributed by atoms with Crippen LogP contribution < -0.4 is 21.0 Å². The fourth-order valence-corrected chi connectivity index (χ4v) is 5.86. The second kappa shape index (κ2) is 11.9. The summed E-state index contributed by atoms with van der Waals surface area (Å²) in [6, 6.07) is 6.48. The van der Waals surface area contributed by atoms with E-state index in [1.165, 1.54) is 32.9 Å². The molecule has 0 bridgehead atoms. The van der Waals surface area contributed by atoms with Crippen molar-refractivity contribution in [1.29, 1.82) is 0 Å². The van der Waals surface area contributed by atoms with Crippen LogP contribution in [0, 0.1) is 5.82 Å². The number of nitrogen functional groups attached to an aromatic ring is 1. The average Bonchev–Trinajstić information content (AvgIpc) is 3.12. The Labute approximate surface area is 228 Å². The minimum Gasteiger partial charge on any atom is -0.462 e. The fraction of sp³-hybridized carbons (Fsp3) is 0.542. The lowest BCUT2D eigenvalue weighted by atomic mass is 9.89. The number of hydrogen-bond donors (Lipinski definition) is 3. The number of nitrogens with one attached hydrogen (secondary N) is 1. The Morgan fingerprint density at radius 3 is 2.52 bits per heavy atom. The highest BCUT2D eigenvalue weighted by Gasteiger charge is 2.63. The number of carbonyl (C=O) groups is 1. The topological polar surface area (TPSA) is 164 Å². The molecule has 1 aromatic carbocycles. The molecule has 0 amide bonds. The van der Waals surface area contributed by atoms with Crippen molar-refractivity contribution in [2.45, 2.75) is 76.5 Å². The summed E-state index contributed by atoms with van der Waals surface area (Å²) in [4.78, 5) is 28.0. The number of nitrogens with two attached hydrogens (primary N) is 1. The van der Waals surface area contributed by atoms with E-state index in [0.717, 1.165) is 0 Å². The van der Waals surface area contributed by atoms with Crippen LogP contribution in [0.2, 0.25) is 0 Å². The Morgan fingerprint density at radius 1 is 1.32 bits per heavy atom. The van der Waals surface area contributed by atoms with Crippen molar-refractivity contribution in [1.82, 2.24) is 14.6 Å². The summed E-state index contributed by atoms with van der Waals surface area (Å²) >= 11 is 0. The summed E-state index contributed by atoms with van der Waals surface area (Å²) in [6.07, 6.45) is -6.36. The van der Waals surface area contributed by atoms with Crippen LogP contribution in [0.5, 0.6) is 5.75 Å². The molecule has 3 rings (SSSR count). The second-order valence-corrected chi connectivity index (χ2v) is 11.6. The van der Waals surface area contributed by atoms with Gasteiger partial charge in [0, 0.05) is 0 Å². The number of hydrogen-bond acceptors (Lipinski definition) is 10.